The minimum Gasteiger partial charge on any atom is -0.384 e. The zero-order valence-corrected chi connectivity index (χ0v) is 41.4. The van der Waals surface area contributed by atoms with E-state index in [0.29, 0.717) is 62.3 Å². The lowest BCUT2D eigenvalue weighted by Gasteiger charge is -2.34. The Morgan fingerprint density at radius 2 is 0.770 bits per heavy atom. The van der Waals surface area contributed by atoms with E-state index >= 15 is 0 Å². The van der Waals surface area contributed by atoms with Crippen molar-refractivity contribution < 1.29 is 9.59 Å². The molecule has 0 aliphatic carbocycles. The molecule has 0 spiro atoms. The monoisotopic (exact) mass is 1000 g/mol. The number of carbonyl (C=O) groups excluding carboxylic acids is 2. The van der Waals surface area contributed by atoms with Gasteiger partial charge in [-0.15, -0.1) is 0 Å². The molecule has 22 heteroatoms. The molecule has 22 nitrogen and oxygen atoms in total. The predicted octanol–water partition coefficient (Wildman–Crippen LogP) is 4.95. The summed E-state index contributed by atoms with van der Waals surface area (Å²) in [5.74, 6) is 0.812. The maximum atomic E-state index is 13.5. The maximum Gasteiger partial charge on any atom is 0.251 e. The average Bonchev–Trinajstić information content (AvgIpc) is 3.39. The maximum absolute atomic E-state index is 13.5. The van der Waals surface area contributed by atoms with Crippen LogP contribution < -0.4 is 54.8 Å². The van der Waals surface area contributed by atoms with Gasteiger partial charge >= 0.3 is 0 Å². The number of pyridine rings is 2. The van der Waals surface area contributed by atoms with Gasteiger partial charge in [-0.3, -0.25) is 9.59 Å². The lowest BCUT2D eigenvalue weighted by atomic mass is 10.0. The van der Waals surface area contributed by atoms with E-state index in [4.69, 9.17) is 32.9 Å². The van der Waals surface area contributed by atoms with Gasteiger partial charge in [-0.2, -0.15) is 29.9 Å². The van der Waals surface area contributed by atoms with Crippen LogP contribution in [0.1, 0.15) is 59.2 Å². The van der Waals surface area contributed by atoms with E-state index in [1.54, 1.807) is 0 Å². The number of nitrogens with zero attached hydrogens (tertiary/aromatic N) is 10. The molecule has 9 rings (SSSR count). The minimum atomic E-state index is -0.106. The van der Waals surface area contributed by atoms with Crippen LogP contribution in [0.25, 0.3) is 43.6 Å². The highest BCUT2D eigenvalue weighted by Crippen LogP contribution is 2.33. The molecule has 5 heterocycles. The predicted molar refractivity (Wildman–Crippen MR) is 295 cm³/mol. The first-order valence-electron chi connectivity index (χ1n) is 25.3. The summed E-state index contributed by atoms with van der Waals surface area (Å²) in [5.41, 5.74) is 29.3. The molecule has 1 aliphatic heterocycles. The van der Waals surface area contributed by atoms with Crippen LogP contribution in [-0.2, 0) is 0 Å². The third-order valence-electron chi connectivity index (χ3n) is 12.9. The van der Waals surface area contributed by atoms with Gasteiger partial charge in [0.1, 0.15) is 0 Å². The molecule has 384 valence electrons. The topological polar surface area (TPSA) is 320 Å². The zero-order valence-electron chi connectivity index (χ0n) is 41.4. The first kappa shape index (κ1) is 50.4. The van der Waals surface area contributed by atoms with Crippen molar-refractivity contribution in [2.45, 2.75) is 38.5 Å². The fourth-order valence-electron chi connectivity index (χ4n) is 9.20. The standard InChI is InChI=1S/C52H64N20O2/c53-47-65-48(54)68-51(67-47)61-21-7-5-19-57-43-35-11-1-3-13-39(35)63-41-17-15-33(31-37(41)43)45(73)59-23-9-25-71-27-29-72(30-28-71)26-10-24-60-46(74)34-16-18-42-38(32-34)44(36-12-2-4-14-40(36)64-42)58-20-6-8-22-62-52-69-49(55)66-50(56)70-52/h1-4,11-18,31-32H,5-10,19-30H2,(H,57,63)(H,58,64)(H,59,73)(H,60,74)(H5,53,54,61,65,67,68)(H5,55,56,62,66,69,70). The Labute approximate surface area is 428 Å². The number of carbonyl (C=O) groups is 2. The lowest BCUT2D eigenvalue weighted by molar-refractivity contribution is 0.0935. The van der Waals surface area contributed by atoms with Gasteiger partial charge in [0.25, 0.3) is 11.8 Å². The SMILES string of the molecule is Nc1nc(N)nc(NCCCCNc2c3ccccc3nc3ccc(C(=O)NCCCN4CCN(CCCNC(=O)c5ccc6nc7ccccc7c(NCCCCNc7nc(N)nc(N)n7)c6c5)CC4)cc23)n1. The number of nitrogen functional groups attached to an aromatic ring is 4. The number of rotatable bonds is 24. The van der Waals surface area contributed by atoms with E-state index in [-0.39, 0.29) is 35.6 Å². The number of benzene rings is 4. The number of hydrogen-bond donors (Lipinski definition) is 10. The smallest absolute Gasteiger partial charge is 0.251 e. The number of fused-ring (bicyclic) bond motifs is 4. The van der Waals surface area contributed by atoms with E-state index in [9.17, 15) is 9.59 Å². The molecule has 2 amide bonds. The number of anilines is 8. The van der Waals surface area contributed by atoms with Crippen molar-refractivity contribution in [2.75, 3.05) is 123 Å². The molecule has 74 heavy (non-hydrogen) atoms. The van der Waals surface area contributed by atoms with Gasteiger partial charge in [-0.25, -0.2) is 9.97 Å². The molecular formula is C52H64N20O2. The van der Waals surface area contributed by atoms with E-state index in [1.165, 1.54) is 0 Å². The van der Waals surface area contributed by atoms with Crippen LogP contribution in [0.15, 0.2) is 84.9 Å². The Morgan fingerprint density at radius 1 is 0.405 bits per heavy atom. The van der Waals surface area contributed by atoms with Crippen LogP contribution in [0.3, 0.4) is 0 Å². The van der Waals surface area contributed by atoms with Crippen molar-refractivity contribution in [3.63, 3.8) is 0 Å². The molecular weight excluding hydrogens is 937 g/mol. The van der Waals surface area contributed by atoms with Crippen LogP contribution in [0.4, 0.5) is 47.1 Å². The van der Waals surface area contributed by atoms with Crippen molar-refractivity contribution in [2.24, 2.45) is 0 Å². The Hall–Kier alpha value is -8.50. The number of aromatic nitrogens is 8. The summed E-state index contributed by atoms with van der Waals surface area (Å²) in [6.45, 7) is 9.49. The van der Waals surface area contributed by atoms with Crippen molar-refractivity contribution in [3.8, 4) is 0 Å². The van der Waals surface area contributed by atoms with Gasteiger partial charge in [-0.05, 0) is 100 Å². The van der Waals surface area contributed by atoms with E-state index in [0.717, 1.165) is 133 Å². The van der Waals surface area contributed by atoms with E-state index in [2.05, 4.69) is 83.7 Å². The molecule has 4 aromatic carbocycles. The van der Waals surface area contributed by atoms with Gasteiger partial charge in [0.2, 0.25) is 35.7 Å². The van der Waals surface area contributed by atoms with Gasteiger partial charge in [0.15, 0.2) is 0 Å². The zero-order chi connectivity index (χ0) is 51.2. The van der Waals surface area contributed by atoms with Crippen molar-refractivity contribution in [3.05, 3.63) is 96.1 Å². The number of piperazine rings is 1. The summed E-state index contributed by atoms with van der Waals surface area (Å²) >= 11 is 0. The first-order chi connectivity index (χ1) is 36.1. The number of amides is 2. The molecule has 4 aromatic heterocycles. The fraction of sp³-hybridized carbons (Fsp3) is 0.346. The van der Waals surface area contributed by atoms with Crippen molar-refractivity contribution >= 4 is 102 Å². The first-order valence-corrected chi connectivity index (χ1v) is 25.3. The Kier molecular flexibility index (Phi) is 16.5. The van der Waals surface area contributed by atoms with Crippen LogP contribution in [0.2, 0.25) is 0 Å². The second-order valence-corrected chi connectivity index (χ2v) is 18.2. The van der Waals surface area contributed by atoms with E-state index < -0.39 is 0 Å². The molecule has 0 saturated carbocycles. The summed E-state index contributed by atoms with van der Waals surface area (Å²) in [5, 5.41) is 23.7. The number of hydrogen-bond acceptors (Lipinski definition) is 20. The minimum absolute atomic E-state index is 0.0779. The highest BCUT2D eigenvalue weighted by molar-refractivity contribution is 6.11. The van der Waals surface area contributed by atoms with Crippen molar-refractivity contribution in [1.82, 2.24) is 60.3 Å². The van der Waals surface area contributed by atoms with Gasteiger partial charge in [0, 0.05) is 98.1 Å². The van der Waals surface area contributed by atoms with Gasteiger partial charge in [-0.1, -0.05) is 36.4 Å². The van der Waals surface area contributed by atoms with Gasteiger partial charge < -0.3 is 64.6 Å². The van der Waals surface area contributed by atoms with Crippen LogP contribution >= 0.6 is 0 Å². The third kappa shape index (κ3) is 13.1. The normalized spacial score (nSPS) is 13.1. The Balaban J connectivity index is 0.686. The molecule has 1 fully saturated rings. The average molecular weight is 1000 g/mol. The molecule has 0 bridgehead atoms. The molecule has 1 aliphatic rings. The summed E-state index contributed by atoms with van der Waals surface area (Å²) in [6, 6.07) is 27.5. The van der Waals surface area contributed by atoms with Crippen LogP contribution in [0.5, 0.6) is 0 Å². The summed E-state index contributed by atoms with van der Waals surface area (Å²) in [4.78, 5) is 65.5. The molecule has 0 radical (unpaired) electrons. The summed E-state index contributed by atoms with van der Waals surface area (Å²) in [6.07, 6.45) is 5.12. The summed E-state index contributed by atoms with van der Waals surface area (Å²) < 4.78 is 0. The molecule has 1 saturated heterocycles. The molecule has 14 N–H and O–H groups in total. The second-order valence-electron chi connectivity index (χ2n) is 18.2. The highest BCUT2D eigenvalue weighted by atomic mass is 16.2. The third-order valence-corrected chi connectivity index (χ3v) is 12.9. The number of unbranched alkanes of at least 4 members (excludes halogenated alkanes) is 2. The number of nitrogens with one attached hydrogen (secondary N) is 6. The Morgan fingerprint density at radius 3 is 1.18 bits per heavy atom. The molecule has 0 unspecified atom stereocenters. The summed E-state index contributed by atoms with van der Waals surface area (Å²) in [7, 11) is 0. The van der Waals surface area contributed by atoms with Crippen molar-refractivity contribution in [1.29, 1.82) is 0 Å². The molecule has 8 aromatic rings. The van der Waals surface area contributed by atoms with Gasteiger partial charge in [0.05, 0.1) is 33.4 Å². The highest BCUT2D eigenvalue weighted by Gasteiger charge is 2.18. The van der Waals surface area contributed by atoms with Crippen LogP contribution in [-0.4, -0.2) is 140 Å². The lowest BCUT2D eigenvalue weighted by Crippen LogP contribution is -2.47. The largest absolute Gasteiger partial charge is 0.384 e. The molecule has 0 atom stereocenters. The number of nitrogens with two attached hydrogens (primary N) is 4. The fourth-order valence-corrected chi connectivity index (χ4v) is 9.20. The van der Waals surface area contributed by atoms with E-state index in [1.807, 2.05) is 72.8 Å². The number of para-hydroxylation sites is 2. The quantitative estimate of drug-likeness (QED) is 0.0283. The Bertz CT molecular complexity index is 2980. The second kappa shape index (κ2) is 24.3. The van der Waals surface area contributed by atoms with Crippen LogP contribution in [0, 0.1) is 0 Å².